The Bertz CT molecular complexity index is 465. The van der Waals surface area contributed by atoms with E-state index in [1.165, 1.54) is 57.2 Å². The van der Waals surface area contributed by atoms with Gasteiger partial charge in [0, 0.05) is 24.8 Å². The van der Waals surface area contributed by atoms with Crippen molar-refractivity contribution < 1.29 is 0 Å². The molecule has 1 aromatic rings. The average molecular weight is 274 g/mol. The molecule has 0 radical (unpaired) electrons. The van der Waals surface area contributed by atoms with Crippen LogP contribution in [-0.4, -0.2) is 33.6 Å². The maximum atomic E-state index is 6.17. The first-order valence-electron chi connectivity index (χ1n) is 8.36. The Balaban J connectivity index is 1.59. The molecule has 1 aromatic heterocycles. The minimum Gasteiger partial charge on any atom is -0.330 e. The molecule has 1 saturated heterocycles. The molecule has 2 heterocycles. The van der Waals surface area contributed by atoms with E-state index in [1.54, 1.807) is 0 Å². The molecule has 0 spiro atoms. The average Bonchev–Trinajstić information content (AvgIpc) is 3.07. The molecule has 20 heavy (non-hydrogen) atoms. The first-order valence-corrected chi connectivity index (χ1v) is 8.36. The van der Waals surface area contributed by atoms with E-state index in [4.69, 9.17) is 5.73 Å². The largest absolute Gasteiger partial charge is 0.330 e. The molecule has 0 aromatic carbocycles. The molecular weight excluding hydrogens is 248 g/mol. The van der Waals surface area contributed by atoms with Crippen LogP contribution in [-0.2, 0) is 0 Å². The van der Waals surface area contributed by atoms with Gasteiger partial charge in [0.05, 0.1) is 18.1 Å². The van der Waals surface area contributed by atoms with Gasteiger partial charge in [0.2, 0.25) is 0 Å². The molecule has 4 rings (SSSR count). The number of nitrogens with zero attached hydrogens (tertiary/aromatic N) is 3. The standard InChI is InChI=1S/C16H26N4/c17-9-15(16-10-18-11-20(16)13-5-6-13)19-8-7-12-3-1-2-4-14(12)19/h10-15H,1-9,17H2. The molecule has 2 N–H and O–H groups in total. The number of likely N-dealkylation sites (tertiary alicyclic amines) is 1. The summed E-state index contributed by atoms with van der Waals surface area (Å²) in [7, 11) is 0. The van der Waals surface area contributed by atoms with Crippen molar-refractivity contribution in [2.45, 2.75) is 63.1 Å². The second-order valence-corrected chi connectivity index (χ2v) is 6.85. The van der Waals surface area contributed by atoms with Crippen molar-refractivity contribution >= 4 is 0 Å². The summed E-state index contributed by atoms with van der Waals surface area (Å²) in [5.74, 6) is 0.926. The number of imidazole rings is 1. The highest BCUT2D eigenvalue weighted by molar-refractivity contribution is 5.12. The van der Waals surface area contributed by atoms with Crippen molar-refractivity contribution in [3.8, 4) is 0 Å². The van der Waals surface area contributed by atoms with Crippen LogP contribution in [0.4, 0.5) is 0 Å². The van der Waals surface area contributed by atoms with E-state index in [9.17, 15) is 0 Å². The van der Waals surface area contributed by atoms with Crippen molar-refractivity contribution in [2.75, 3.05) is 13.1 Å². The Morgan fingerprint density at radius 1 is 1.20 bits per heavy atom. The van der Waals surface area contributed by atoms with Crippen molar-refractivity contribution in [1.29, 1.82) is 0 Å². The Morgan fingerprint density at radius 3 is 2.85 bits per heavy atom. The van der Waals surface area contributed by atoms with Crippen LogP contribution in [0.3, 0.4) is 0 Å². The van der Waals surface area contributed by atoms with Gasteiger partial charge < -0.3 is 10.3 Å². The lowest BCUT2D eigenvalue weighted by Gasteiger charge is -2.37. The topological polar surface area (TPSA) is 47.1 Å². The minimum absolute atomic E-state index is 0.381. The number of aromatic nitrogens is 2. The lowest BCUT2D eigenvalue weighted by atomic mass is 9.85. The zero-order valence-corrected chi connectivity index (χ0v) is 12.2. The molecule has 110 valence electrons. The molecular formula is C16H26N4. The van der Waals surface area contributed by atoms with Crippen LogP contribution >= 0.6 is 0 Å². The SMILES string of the molecule is NCC(c1cncn1C1CC1)N1CCC2CCCCC21. The quantitative estimate of drug-likeness (QED) is 0.917. The summed E-state index contributed by atoms with van der Waals surface area (Å²) in [6.45, 7) is 1.95. The van der Waals surface area contributed by atoms with E-state index in [-0.39, 0.29) is 0 Å². The van der Waals surface area contributed by atoms with Gasteiger partial charge in [-0.3, -0.25) is 4.90 Å². The Kier molecular flexibility index (Phi) is 3.31. The van der Waals surface area contributed by atoms with Crippen LogP contribution in [0, 0.1) is 5.92 Å². The Hall–Kier alpha value is -0.870. The van der Waals surface area contributed by atoms with Crippen LogP contribution in [0.5, 0.6) is 0 Å². The normalized spacial score (nSPS) is 32.2. The number of fused-ring (bicyclic) bond motifs is 1. The summed E-state index contributed by atoms with van der Waals surface area (Å²) < 4.78 is 2.40. The maximum absolute atomic E-state index is 6.17. The smallest absolute Gasteiger partial charge is 0.0951 e. The van der Waals surface area contributed by atoms with Gasteiger partial charge in [0.1, 0.15) is 0 Å². The lowest BCUT2D eigenvalue weighted by molar-refractivity contribution is 0.131. The zero-order valence-electron chi connectivity index (χ0n) is 12.2. The van der Waals surface area contributed by atoms with Crippen LogP contribution < -0.4 is 5.73 Å². The molecule has 2 saturated carbocycles. The molecule has 3 atom stereocenters. The Morgan fingerprint density at radius 2 is 2.05 bits per heavy atom. The van der Waals surface area contributed by atoms with Gasteiger partial charge in [-0.15, -0.1) is 0 Å². The number of rotatable bonds is 4. The first-order chi connectivity index (χ1) is 9.88. The third-order valence-corrected chi connectivity index (χ3v) is 5.65. The van der Waals surface area contributed by atoms with E-state index >= 15 is 0 Å². The third-order valence-electron chi connectivity index (χ3n) is 5.65. The van der Waals surface area contributed by atoms with Crippen LogP contribution in [0.1, 0.15) is 62.7 Å². The molecule has 3 fully saturated rings. The minimum atomic E-state index is 0.381. The summed E-state index contributed by atoms with van der Waals surface area (Å²) >= 11 is 0. The molecule has 3 unspecified atom stereocenters. The van der Waals surface area contributed by atoms with Gasteiger partial charge in [-0.1, -0.05) is 12.8 Å². The summed E-state index contributed by atoms with van der Waals surface area (Å²) in [5.41, 5.74) is 7.53. The lowest BCUT2D eigenvalue weighted by Crippen LogP contribution is -2.41. The number of hydrogen-bond acceptors (Lipinski definition) is 3. The highest BCUT2D eigenvalue weighted by Gasteiger charge is 2.40. The van der Waals surface area contributed by atoms with Gasteiger partial charge in [-0.05, 0) is 44.6 Å². The maximum Gasteiger partial charge on any atom is 0.0951 e. The van der Waals surface area contributed by atoms with Crippen molar-refractivity contribution in [3.05, 3.63) is 18.2 Å². The number of hydrogen-bond donors (Lipinski definition) is 1. The van der Waals surface area contributed by atoms with E-state index in [1.807, 2.05) is 6.33 Å². The molecule has 4 heteroatoms. The second-order valence-electron chi connectivity index (χ2n) is 6.85. The van der Waals surface area contributed by atoms with Crippen molar-refractivity contribution in [2.24, 2.45) is 11.7 Å². The molecule has 0 bridgehead atoms. The van der Waals surface area contributed by atoms with Crippen LogP contribution in [0.15, 0.2) is 12.5 Å². The molecule has 3 aliphatic rings. The predicted octanol–water partition coefficient (Wildman–Crippen LogP) is 2.48. The molecule has 4 nitrogen and oxygen atoms in total. The fourth-order valence-corrected chi connectivity index (χ4v) is 4.49. The van der Waals surface area contributed by atoms with E-state index in [0.29, 0.717) is 12.1 Å². The predicted molar refractivity (Wildman–Crippen MR) is 79.4 cm³/mol. The zero-order chi connectivity index (χ0) is 13.5. The van der Waals surface area contributed by atoms with Crippen LogP contribution in [0.2, 0.25) is 0 Å². The van der Waals surface area contributed by atoms with Crippen molar-refractivity contribution in [1.82, 2.24) is 14.5 Å². The van der Waals surface area contributed by atoms with E-state index < -0.39 is 0 Å². The molecule has 2 aliphatic carbocycles. The van der Waals surface area contributed by atoms with Crippen LogP contribution in [0.25, 0.3) is 0 Å². The number of nitrogens with two attached hydrogens (primary N) is 1. The Labute approximate surface area is 121 Å². The van der Waals surface area contributed by atoms with E-state index in [2.05, 4.69) is 20.6 Å². The second kappa shape index (κ2) is 5.15. The van der Waals surface area contributed by atoms with Gasteiger partial charge >= 0.3 is 0 Å². The summed E-state index contributed by atoms with van der Waals surface area (Å²) in [6.07, 6.45) is 13.7. The first kappa shape index (κ1) is 12.8. The highest BCUT2D eigenvalue weighted by atomic mass is 15.3. The fourth-order valence-electron chi connectivity index (χ4n) is 4.49. The van der Waals surface area contributed by atoms with Gasteiger partial charge in [0.25, 0.3) is 0 Å². The van der Waals surface area contributed by atoms with Gasteiger partial charge in [0.15, 0.2) is 0 Å². The van der Waals surface area contributed by atoms with E-state index in [0.717, 1.165) is 18.5 Å². The summed E-state index contributed by atoms with van der Waals surface area (Å²) in [6, 6.07) is 1.86. The summed E-state index contributed by atoms with van der Waals surface area (Å²) in [5, 5.41) is 0. The highest BCUT2D eigenvalue weighted by Crippen LogP contribution is 2.42. The van der Waals surface area contributed by atoms with Gasteiger partial charge in [-0.2, -0.15) is 0 Å². The third kappa shape index (κ3) is 2.09. The monoisotopic (exact) mass is 274 g/mol. The van der Waals surface area contributed by atoms with Gasteiger partial charge in [-0.25, -0.2) is 4.98 Å². The van der Waals surface area contributed by atoms with Crippen molar-refractivity contribution in [3.63, 3.8) is 0 Å². The molecule has 0 amide bonds. The summed E-state index contributed by atoms with van der Waals surface area (Å²) in [4.78, 5) is 7.12. The molecule has 1 aliphatic heterocycles. The fraction of sp³-hybridized carbons (Fsp3) is 0.812.